The fourth-order valence-corrected chi connectivity index (χ4v) is 3.63. The first-order valence-electron chi connectivity index (χ1n) is 7.86. The number of ether oxygens (including phenoxy) is 3. The summed E-state index contributed by atoms with van der Waals surface area (Å²) in [7, 11) is 0.509. The molecule has 0 fully saturated rings. The second-order valence-electron chi connectivity index (χ2n) is 6.15. The van der Waals surface area contributed by atoms with E-state index >= 15 is 0 Å². The first-order valence-corrected chi connectivity index (χ1v) is 11.4. The van der Waals surface area contributed by atoms with Gasteiger partial charge in [0.1, 0.15) is 6.79 Å². The average molecular weight is 303 g/mol. The van der Waals surface area contributed by atoms with Crippen molar-refractivity contribution in [1.29, 1.82) is 0 Å². The lowest BCUT2D eigenvalue weighted by Gasteiger charge is -2.21. The second-order valence-corrected chi connectivity index (χ2v) is 11.3. The van der Waals surface area contributed by atoms with E-state index in [2.05, 4.69) is 32.6 Å². The first-order chi connectivity index (χ1) is 9.52. The summed E-state index contributed by atoms with van der Waals surface area (Å²) in [5.41, 5.74) is 0. The maximum atomic E-state index is 5.48. The lowest BCUT2D eigenvalue weighted by Crippen LogP contribution is -2.24. The third kappa shape index (κ3) is 11.6. The number of methoxy groups -OCH3 is 1. The van der Waals surface area contributed by atoms with Crippen molar-refractivity contribution in [3.05, 3.63) is 11.3 Å². The Hall–Kier alpha value is -0.163. The lowest BCUT2D eigenvalue weighted by molar-refractivity contribution is -0.0659. The average Bonchev–Trinajstić information content (AvgIpc) is 2.38. The van der Waals surface area contributed by atoms with Gasteiger partial charge in [0.15, 0.2) is 0 Å². The van der Waals surface area contributed by atoms with Gasteiger partial charge in [-0.05, 0) is 19.3 Å². The van der Waals surface area contributed by atoms with E-state index in [4.69, 9.17) is 14.2 Å². The van der Waals surface area contributed by atoms with Gasteiger partial charge in [0.05, 0.1) is 21.3 Å². The van der Waals surface area contributed by atoms with E-state index in [1.807, 2.05) is 0 Å². The molecule has 0 saturated carbocycles. The van der Waals surface area contributed by atoms with Crippen LogP contribution in [0.3, 0.4) is 0 Å². The maximum absolute atomic E-state index is 5.48. The predicted molar refractivity (Wildman–Crippen MR) is 88.8 cm³/mol. The van der Waals surface area contributed by atoms with Crippen LogP contribution < -0.4 is 0 Å². The number of hydrogen-bond donors (Lipinski definition) is 0. The molecule has 0 atom stereocenters. The molecule has 0 aromatic heterocycles. The molecule has 0 N–H and O–H groups in total. The first kappa shape index (κ1) is 19.8. The molecule has 0 heterocycles. The standard InChI is InChI=1S/C16H34O3Si/c1-6-7-8-10-16(20(3,4)5)11-9-12-18-15-19-14-13-17-2/h10H,6-9,11-15H2,1-5H3/b16-10-. The quantitative estimate of drug-likeness (QED) is 0.287. The normalized spacial score (nSPS) is 12.9. The van der Waals surface area contributed by atoms with Gasteiger partial charge in [-0.15, -0.1) is 0 Å². The molecule has 120 valence electrons. The van der Waals surface area contributed by atoms with Crippen molar-refractivity contribution < 1.29 is 14.2 Å². The Morgan fingerprint density at radius 3 is 2.30 bits per heavy atom. The zero-order chi connectivity index (χ0) is 15.3. The smallest absolute Gasteiger partial charge is 0.146 e. The van der Waals surface area contributed by atoms with E-state index in [0.717, 1.165) is 13.0 Å². The summed E-state index contributed by atoms with van der Waals surface area (Å²) in [4.78, 5) is 0. The van der Waals surface area contributed by atoms with Gasteiger partial charge in [-0.1, -0.05) is 50.7 Å². The van der Waals surface area contributed by atoms with Crippen LogP contribution >= 0.6 is 0 Å². The second kappa shape index (κ2) is 12.6. The summed E-state index contributed by atoms with van der Waals surface area (Å²) in [5.74, 6) is 0. The molecule has 0 unspecified atom stereocenters. The molecule has 3 nitrogen and oxygen atoms in total. The largest absolute Gasteiger partial charge is 0.382 e. The van der Waals surface area contributed by atoms with Gasteiger partial charge in [0, 0.05) is 13.7 Å². The highest BCUT2D eigenvalue weighted by molar-refractivity contribution is 6.83. The van der Waals surface area contributed by atoms with Crippen LogP contribution in [0.5, 0.6) is 0 Å². The summed E-state index contributed by atoms with van der Waals surface area (Å²) in [6.07, 6.45) is 8.57. The predicted octanol–water partition coefficient (Wildman–Crippen LogP) is 4.40. The molecule has 0 amide bonds. The van der Waals surface area contributed by atoms with Crippen molar-refractivity contribution in [2.75, 3.05) is 33.7 Å². The van der Waals surface area contributed by atoms with Crippen LogP contribution in [0.2, 0.25) is 19.6 Å². The summed E-state index contributed by atoms with van der Waals surface area (Å²) < 4.78 is 15.7. The Morgan fingerprint density at radius 2 is 1.70 bits per heavy atom. The van der Waals surface area contributed by atoms with Crippen LogP contribution in [-0.2, 0) is 14.2 Å². The van der Waals surface area contributed by atoms with Crippen LogP contribution in [0.25, 0.3) is 0 Å². The van der Waals surface area contributed by atoms with Gasteiger partial charge in [-0.25, -0.2) is 0 Å². The third-order valence-electron chi connectivity index (χ3n) is 3.25. The summed E-state index contributed by atoms with van der Waals surface area (Å²) in [6.45, 7) is 11.9. The summed E-state index contributed by atoms with van der Waals surface area (Å²) in [6, 6.07) is 0. The highest BCUT2D eigenvalue weighted by Gasteiger charge is 2.18. The Kier molecular flexibility index (Phi) is 12.5. The molecule has 0 saturated heterocycles. The third-order valence-corrected chi connectivity index (χ3v) is 5.63. The molecule has 0 aliphatic heterocycles. The van der Waals surface area contributed by atoms with E-state index in [1.54, 1.807) is 12.3 Å². The summed E-state index contributed by atoms with van der Waals surface area (Å²) >= 11 is 0. The Balaban J connectivity index is 3.78. The van der Waals surface area contributed by atoms with Gasteiger partial charge in [0.25, 0.3) is 0 Å². The molecular weight excluding hydrogens is 268 g/mol. The Morgan fingerprint density at radius 1 is 1.00 bits per heavy atom. The van der Waals surface area contributed by atoms with Gasteiger partial charge in [-0.3, -0.25) is 0 Å². The van der Waals surface area contributed by atoms with Crippen molar-refractivity contribution in [2.45, 2.75) is 58.7 Å². The van der Waals surface area contributed by atoms with E-state index in [9.17, 15) is 0 Å². The van der Waals surface area contributed by atoms with Gasteiger partial charge < -0.3 is 14.2 Å². The van der Waals surface area contributed by atoms with Crippen LogP contribution in [0, 0.1) is 0 Å². The van der Waals surface area contributed by atoms with Crippen LogP contribution in [0.15, 0.2) is 11.3 Å². The van der Waals surface area contributed by atoms with E-state index < -0.39 is 8.07 Å². The highest BCUT2D eigenvalue weighted by Crippen LogP contribution is 2.21. The minimum absolute atomic E-state index is 0.380. The molecule has 0 rings (SSSR count). The number of allylic oxidation sites excluding steroid dienone is 2. The van der Waals surface area contributed by atoms with Crippen molar-refractivity contribution in [3.63, 3.8) is 0 Å². The minimum atomic E-state index is -1.16. The number of unbranched alkanes of at least 4 members (excludes halogenated alkanes) is 2. The molecular formula is C16H34O3Si. The Labute approximate surface area is 126 Å². The molecule has 4 heteroatoms. The molecule has 0 spiro atoms. The summed E-state index contributed by atoms with van der Waals surface area (Å²) in [5, 5.41) is 1.69. The zero-order valence-corrected chi connectivity index (χ0v) is 15.2. The SMILES string of the molecule is CCCC/C=C(/CCCOCOCCOC)[Si](C)(C)C. The van der Waals surface area contributed by atoms with Gasteiger partial charge in [0.2, 0.25) is 0 Å². The van der Waals surface area contributed by atoms with Crippen LogP contribution in [-0.4, -0.2) is 41.8 Å². The fourth-order valence-electron chi connectivity index (χ4n) is 1.95. The minimum Gasteiger partial charge on any atom is -0.382 e. The lowest BCUT2D eigenvalue weighted by atomic mass is 10.2. The topological polar surface area (TPSA) is 27.7 Å². The van der Waals surface area contributed by atoms with Gasteiger partial charge in [-0.2, -0.15) is 0 Å². The van der Waals surface area contributed by atoms with Crippen LogP contribution in [0.1, 0.15) is 39.0 Å². The van der Waals surface area contributed by atoms with E-state index in [-0.39, 0.29) is 0 Å². The van der Waals surface area contributed by atoms with E-state index in [0.29, 0.717) is 20.0 Å². The Bertz CT molecular complexity index is 247. The zero-order valence-electron chi connectivity index (χ0n) is 14.2. The van der Waals surface area contributed by atoms with Gasteiger partial charge >= 0.3 is 0 Å². The molecule has 0 radical (unpaired) electrons. The fraction of sp³-hybridized carbons (Fsp3) is 0.875. The van der Waals surface area contributed by atoms with Crippen LogP contribution in [0.4, 0.5) is 0 Å². The monoisotopic (exact) mass is 302 g/mol. The molecule has 0 aromatic rings. The van der Waals surface area contributed by atoms with Crippen molar-refractivity contribution in [1.82, 2.24) is 0 Å². The van der Waals surface area contributed by atoms with E-state index in [1.165, 1.54) is 25.7 Å². The number of hydrogen-bond acceptors (Lipinski definition) is 3. The number of rotatable bonds is 13. The molecule has 0 aliphatic rings. The maximum Gasteiger partial charge on any atom is 0.146 e. The molecule has 0 bridgehead atoms. The molecule has 0 aliphatic carbocycles. The highest BCUT2D eigenvalue weighted by atomic mass is 28.3. The van der Waals surface area contributed by atoms with Crippen molar-refractivity contribution in [2.24, 2.45) is 0 Å². The molecule has 20 heavy (non-hydrogen) atoms. The molecule has 0 aromatic carbocycles. The van der Waals surface area contributed by atoms with Crippen molar-refractivity contribution >= 4 is 8.07 Å². The van der Waals surface area contributed by atoms with Crippen molar-refractivity contribution in [3.8, 4) is 0 Å².